The van der Waals surface area contributed by atoms with Gasteiger partial charge in [0.2, 0.25) is 23.6 Å². The summed E-state index contributed by atoms with van der Waals surface area (Å²) in [6.45, 7) is 21.5. The molecule has 15 atom stereocenters. The number of allylic oxidation sites excluding steroid dienone is 6. The lowest BCUT2D eigenvalue weighted by molar-refractivity contribution is -0.265. The van der Waals surface area contributed by atoms with Gasteiger partial charge < -0.3 is 89.6 Å². The Morgan fingerprint density at radius 2 is 1.46 bits per heavy atom. The van der Waals surface area contributed by atoms with E-state index in [0.29, 0.717) is 175 Å². The van der Waals surface area contributed by atoms with E-state index in [4.69, 9.17) is 49.7 Å². The second-order valence-corrected chi connectivity index (χ2v) is 37.2. The van der Waals surface area contributed by atoms with Gasteiger partial charge in [-0.15, -0.1) is 0 Å². The number of Topliss-reactive ketones (excluding diaryl/α,β-unsaturated/α-hetero) is 3. The molecular weight excluding hydrogens is 1720 g/mol. The van der Waals surface area contributed by atoms with Gasteiger partial charge in [0.15, 0.2) is 11.4 Å². The van der Waals surface area contributed by atoms with E-state index in [1.807, 2.05) is 81.9 Å². The van der Waals surface area contributed by atoms with Crippen LogP contribution in [-0.2, 0) is 88.0 Å². The molecule has 4 amide bonds. The zero-order valence-electron chi connectivity index (χ0n) is 78.5. The Morgan fingerprint density at radius 1 is 0.724 bits per heavy atom. The molecule has 720 valence electrons. The number of H-pyrrole nitrogens is 1. The van der Waals surface area contributed by atoms with Crippen LogP contribution >= 0.6 is 0 Å². The Morgan fingerprint density at radius 3 is 2.21 bits per heavy atom. The number of esters is 1. The van der Waals surface area contributed by atoms with E-state index >= 15 is 0 Å². The number of ketones is 3. The van der Waals surface area contributed by atoms with Gasteiger partial charge in [-0.3, -0.25) is 33.7 Å². The van der Waals surface area contributed by atoms with Crippen molar-refractivity contribution >= 4 is 86.9 Å². The number of piperidine rings is 1. The smallest absolute Gasteiger partial charge is 0.407 e. The Kier molecular flexibility index (Phi) is 33.8. The molecule has 6 aromatic heterocycles. The van der Waals surface area contributed by atoms with E-state index in [1.54, 1.807) is 78.8 Å². The average molecular weight is 1850 g/mol. The molecule has 134 heavy (non-hydrogen) atoms. The third-order valence-corrected chi connectivity index (χ3v) is 27.8. The van der Waals surface area contributed by atoms with E-state index in [9.17, 15) is 48.6 Å². The fourth-order valence-electron chi connectivity index (χ4n) is 19.3. The van der Waals surface area contributed by atoms with E-state index < -0.39 is 102 Å². The summed E-state index contributed by atoms with van der Waals surface area (Å²) in [5.74, 6) is -7.79. The number of aromatic amines is 1. The molecule has 1 saturated carbocycles. The number of nitrogens with zero attached hydrogens (tertiary/aromatic N) is 15. The van der Waals surface area contributed by atoms with Gasteiger partial charge in [-0.1, -0.05) is 94.8 Å². The number of rotatable bonds is 23. The first-order chi connectivity index (χ1) is 64.6. The largest absolute Gasteiger partial charge is 0.459 e. The Hall–Kier alpha value is -11.2. The molecule has 36 heteroatoms. The van der Waals surface area contributed by atoms with Crippen LogP contribution in [0, 0.1) is 35.5 Å². The van der Waals surface area contributed by atoms with Crippen molar-refractivity contribution in [2.75, 3.05) is 128 Å². The molecule has 7 aliphatic rings. The number of amides is 4. The summed E-state index contributed by atoms with van der Waals surface area (Å²) in [6.07, 6.45) is 22.2. The average Bonchev–Trinajstić information content (AvgIpc) is 1.66. The highest BCUT2D eigenvalue weighted by Crippen LogP contribution is 2.40. The van der Waals surface area contributed by atoms with E-state index in [-0.39, 0.29) is 87.0 Å². The molecule has 2 bridgehead atoms. The number of hydrogen-bond acceptors (Lipinski definition) is 30. The van der Waals surface area contributed by atoms with Crippen LogP contribution in [0.1, 0.15) is 165 Å². The number of carbonyl (C=O) groups excluding carboxylic acids is 8. The number of fused-ring (bicyclic) bond motifs is 6. The van der Waals surface area contributed by atoms with Crippen LogP contribution in [0.3, 0.4) is 0 Å². The zero-order chi connectivity index (χ0) is 94.9. The van der Waals surface area contributed by atoms with Crippen molar-refractivity contribution < 1.29 is 81.7 Å². The van der Waals surface area contributed by atoms with Crippen LogP contribution in [0.4, 0.5) is 22.5 Å². The van der Waals surface area contributed by atoms with Gasteiger partial charge in [-0.05, 0) is 131 Å². The number of piperazine rings is 2. The highest BCUT2D eigenvalue weighted by atomic mass is 16.6. The van der Waals surface area contributed by atoms with Crippen LogP contribution in [0.25, 0.3) is 33.3 Å². The lowest BCUT2D eigenvalue weighted by atomic mass is 9.80. The maximum Gasteiger partial charge on any atom is 0.407 e. The quantitative estimate of drug-likeness (QED) is 0.0151. The molecule has 0 spiro atoms. The molecule has 1 aromatic carbocycles. The second kappa shape index (κ2) is 45.9. The number of hydrogen-bond donors (Lipinski definition) is 6. The summed E-state index contributed by atoms with van der Waals surface area (Å²) >= 11 is 0. The van der Waals surface area contributed by atoms with E-state index in [0.717, 1.165) is 70.9 Å². The van der Waals surface area contributed by atoms with Crippen molar-refractivity contribution in [3.05, 3.63) is 149 Å². The van der Waals surface area contributed by atoms with Crippen molar-refractivity contribution in [3.8, 4) is 11.3 Å². The minimum atomic E-state index is -2.50. The highest BCUT2D eigenvalue weighted by Gasteiger charge is 2.53. The number of methoxy groups -OCH3 is 2. The van der Waals surface area contributed by atoms with Gasteiger partial charge in [-0.25, -0.2) is 49.2 Å². The van der Waals surface area contributed by atoms with Gasteiger partial charge in [0, 0.05) is 196 Å². The van der Waals surface area contributed by atoms with E-state index in [2.05, 4.69) is 73.2 Å². The van der Waals surface area contributed by atoms with Gasteiger partial charge in [-0.2, -0.15) is 5.10 Å². The number of aliphatic hydroxyl groups excluding tert-OH is 1. The van der Waals surface area contributed by atoms with Crippen LogP contribution in [0.15, 0.2) is 121 Å². The number of carbonyl (C=O) groups is 8. The summed E-state index contributed by atoms with van der Waals surface area (Å²) in [4.78, 5) is 159. The number of nitrogens with one attached hydrogen (secondary N) is 2. The lowest BCUT2D eigenvalue weighted by Gasteiger charge is -2.42. The molecule has 8 N–H and O–H groups in total. The van der Waals surface area contributed by atoms with Gasteiger partial charge in [0.05, 0.1) is 68.7 Å². The molecule has 0 radical (unpaired) electrons. The molecule has 14 rings (SSSR count). The molecule has 0 unspecified atom stereocenters. The molecule has 4 saturated heterocycles. The number of aromatic nitrogens is 10. The van der Waals surface area contributed by atoms with Crippen LogP contribution in [0.5, 0.6) is 0 Å². The summed E-state index contributed by atoms with van der Waals surface area (Å²) < 4.78 is 43.9. The number of nitrogen functional groups attached to an aromatic ring is 1. The third-order valence-electron chi connectivity index (χ3n) is 27.8. The number of ether oxygens (including phenoxy) is 7. The first kappa shape index (κ1) is 98.8. The summed E-state index contributed by atoms with van der Waals surface area (Å²) in [6, 6.07) is 8.14. The lowest BCUT2D eigenvalue weighted by Crippen LogP contribution is -2.61. The number of aliphatic hydroxyl groups is 2. The number of benzene rings is 1. The molecule has 6 aliphatic heterocycles. The summed E-state index contributed by atoms with van der Waals surface area (Å²) in [7, 11) is 3.10. The maximum absolute atomic E-state index is 14.8. The minimum absolute atomic E-state index is 0.00222. The molecule has 1 aliphatic carbocycles. The fraction of sp³-hybridized carbons (Fsp3) is 0.571. The molecular formula is C98H131N19O17. The minimum Gasteiger partial charge on any atom is -0.459 e. The second-order valence-electron chi connectivity index (χ2n) is 37.2. The topological polar surface area (TPSA) is 449 Å². The molecule has 36 nitrogen and oxygen atoms in total. The number of alkyl carbamates (subject to hydrolysis) is 1. The van der Waals surface area contributed by atoms with Crippen molar-refractivity contribution in [1.29, 1.82) is 0 Å². The Labute approximate surface area is 781 Å². The van der Waals surface area contributed by atoms with Gasteiger partial charge in [0.25, 0.3) is 17.6 Å². The fourth-order valence-corrected chi connectivity index (χ4v) is 19.3. The third kappa shape index (κ3) is 24.5. The molecule has 7 aromatic rings. The standard InChI is InChI=1S/C98H131N19O17/c1-60-15-11-10-12-16-61(2)80(128-8)49-75-22-18-65(6)98(127,134-75)88(122)93(124)116-28-14-13-17-77(116)94(125)132-81(50-78(118)63(4)44-62(3)66(7)87(121)86(120)64(5)43-60)76(99)46-67-20-23-79(82(47-67)129-9)133-97(126)107-53-69-51-103-95(104-52-69)114-36-34-112(35-37-114)83(119)26-39-130-41-42-131-40-38-111-30-32-113(33-31-111)96-105-55-74(56-106-96)92(123)115-29-25-70-45-68(19-21-72(70)58-115)57-117-91-84(89(100)108-59-109-91)85(110-117)73-48-71-24-27-101-90(71)102-54-73/h10-12,15-16,19,21,24,27,44-45,48,51-52,54-56,59-60,63-67,75-77,79-82,87,121,127H,13-14,17-18,20,22-23,25-26,28-43,46-47,49-50,53,57-58,99H2,1-9H3,(H,101,102)(H,107,126)(H2,100,108,109)/b12-10+,15-11+,61-16+,62-44+/t60-,63-,64-,65-,66-,67+,75+,76-,77+,79-,80+,81+,82-,87-,98-/m1/s1. The van der Waals surface area contributed by atoms with Crippen molar-refractivity contribution in [1.82, 2.24) is 74.6 Å². The Bertz CT molecular complexity index is 5380. The molecule has 12 heterocycles. The van der Waals surface area contributed by atoms with Gasteiger partial charge in [0.1, 0.15) is 53.6 Å². The van der Waals surface area contributed by atoms with Crippen molar-refractivity contribution in [2.24, 2.45) is 41.2 Å². The predicted molar refractivity (Wildman–Crippen MR) is 500 cm³/mol. The Balaban J connectivity index is 0.479. The first-order valence-corrected chi connectivity index (χ1v) is 47.4. The monoisotopic (exact) mass is 1850 g/mol. The van der Waals surface area contributed by atoms with Gasteiger partial charge >= 0.3 is 12.1 Å². The summed E-state index contributed by atoms with van der Waals surface area (Å²) in [5.41, 5.74) is 22.3. The maximum atomic E-state index is 14.8. The normalized spacial score (nSPS) is 27.7. The number of nitrogens with two attached hydrogens (primary N) is 2. The first-order valence-electron chi connectivity index (χ1n) is 47.4. The zero-order valence-corrected chi connectivity index (χ0v) is 78.5. The number of anilines is 3. The highest BCUT2D eigenvalue weighted by molar-refractivity contribution is 6.39. The predicted octanol–water partition coefficient (Wildman–Crippen LogP) is 8.41. The molecule has 5 fully saturated rings. The SMILES string of the molecule is CO[C@H]1C[C@@H]2CC[C@@H](C)[C@@](O)(O2)C(=O)C(=O)N2CCCC[C@H]2C(=O)O[C@H]([C@H](N)C[C@@H]2CC[C@@H](OC(=O)NCc3cnc(N4CCN(C(=O)CCOCCOCCN5CCN(c6ncc(C(=O)N7CCc8cc(Cn9nc(-c%10cnc%11[nH]ccc%11c%10)c%10c(N)ncnc%109)ccc8C7)cn6)CC5)CC4)nc3)[C@H](OC)C2)CC(=O)[C@H](C)/C=C(\C)[C@@H](C)[C@@H](O)C(=O)[C@H](C)C[C@H](C)/C=C/C=C/C=C/1C. The number of pyridine rings is 1. The summed E-state index contributed by atoms with van der Waals surface area (Å²) in [5, 5.41) is 33.1. The van der Waals surface area contributed by atoms with Crippen molar-refractivity contribution in [2.45, 2.75) is 212 Å². The van der Waals surface area contributed by atoms with Crippen LogP contribution in [-0.4, -0.2) is 294 Å². The van der Waals surface area contributed by atoms with Crippen LogP contribution < -0.4 is 26.6 Å². The van der Waals surface area contributed by atoms with Crippen molar-refractivity contribution in [3.63, 3.8) is 0 Å². The van der Waals surface area contributed by atoms with Crippen LogP contribution in [0.2, 0.25) is 0 Å². The van der Waals surface area contributed by atoms with E-state index in [1.165, 1.54) is 19.0 Å². The number of cyclic esters (lactones) is 1.